The highest BCUT2D eigenvalue weighted by Gasteiger charge is 2.44. The fourth-order valence-corrected chi connectivity index (χ4v) is 1.89. The van der Waals surface area contributed by atoms with E-state index in [2.05, 4.69) is 0 Å². The molecule has 1 aliphatic heterocycles. The van der Waals surface area contributed by atoms with E-state index in [-0.39, 0.29) is 6.42 Å². The van der Waals surface area contributed by atoms with Crippen LogP contribution in [0.15, 0.2) is 0 Å². The molecule has 0 aromatic rings. The standard InChI is InChI=1S/C16H27FO5/c1-9-12(22-14(19)16(5,6)7)10(8-11(17)20-9)21-13(18)15(2,3)4/h9-12H,8H2,1-7H3/t9-,10-,11+,12-/m0/s1. The summed E-state index contributed by atoms with van der Waals surface area (Å²) < 4.78 is 29.5. The van der Waals surface area contributed by atoms with E-state index < -0.39 is 47.4 Å². The zero-order valence-electron chi connectivity index (χ0n) is 14.4. The molecule has 4 atom stereocenters. The molecule has 1 aliphatic rings. The van der Waals surface area contributed by atoms with Crippen LogP contribution in [0, 0.1) is 10.8 Å². The van der Waals surface area contributed by atoms with E-state index in [0.29, 0.717) is 0 Å². The first-order valence-corrected chi connectivity index (χ1v) is 7.54. The van der Waals surface area contributed by atoms with E-state index in [9.17, 15) is 14.0 Å². The van der Waals surface area contributed by atoms with Crippen LogP contribution in [0.2, 0.25) is 0 Å². The Kier molecular flexibility index (Phi) is 5.60. The molecule has 6 heteroatoms. The number of rotatable bonds is 2. The number of hydrogen-bond donors (Lipinski definition) is 0. The van der Waals surface area contributed by atoms with E-state index in [1.165, 1.54) is 0 Å². The van der Waals surface area contributed by atoms with Gasteiger partial charge in [0.25, 0.3) is 0 Å². The Morgan fingerprint density at radius 2 is 1.45 bits per heavy atom. The van der Waals surface area contributed by atoms with Crippen LogP contribution in [0.25, 0.3) is 0 Å². The molecule has 1 fully saturated rings. The van der Waals surface area contributed by atoms with E-state index in [1.54, 1.807) is 48.5 Å². The first-order chi connectivity index (χ1) is 9.82. The van der Waals surface area contributed by atoms with Crippen molar-refractivity contribution in [1.29, 1.82) is 0 Å². The Bertz CT molecular complexity index is 421. The number of carbonyl (C=O) groups excluding carboxylic acids is 2. The summed E-state index contributed by atoms with van der Waals surface area (Å²) in [6, 6.07) is 0. The molecule has 0 amide bonds. The minimum Gasteiger partial charge on any atom is -0.458 e. The van der Waals surface area contributed by atoms with Crippen LogP contribution < -0.4 is 0 Å². The molecule has 0 spiro atoms. The summed E-state index contributed by atoms with van der Waals surface area (Å²) >= 11 is 0. The lowest BCUT2D eigenvalue weighted by Crippen LogP contribution is -2.51. The number of halogens is 1. The zero-order valence-corrected chi connectivity index (χ0v) is 14.4. The Hall–Kier alpha value is -1.17. The highest BCUT2D eigenvalue weighted by atomic mass is 19.1. The molecule has 1 saturated heterocycles. The second-order valence-corrected chi connectivity index (χ2v) is 7.80. The monoisotopic (exact) mass is 318 g/mol. The average Bonchev–Trinajstić information content (AvgIpc) is 2.30. The van der Waals surface area contributed by atoms with E-state index in [1.807, 2.05) is 0 Å². The number of carbonyl (C=O) groups is 2. The molecule has 0 saturated carbocycles. The molecule has 0 aromatic carbocycles. The Morgan fingerprint density at radius 3 is 1.91 bits per heavy atom. The number of hydrogen-bond acceptors (Lipinski definition) is 5. The Morgan fingerprint density at radius 1 is 1.00 bits per heavy atom. The van der Waals surface area contributed by atoms with Gasteiger partial charge in [0.1, 0.15) is 6.10 Å². The van der Waals surface area contributed by atoms with Crippen molar-refractivity contribution < 1.29 is 28.2 Å². The quantitative estimate of drug-likeness (QED) is 0.732. The van der Waals surface area contributed by atoms with Gasteiger partial charge in [-0.05, 0) is 48.5 Å². The maximum absolute atomic E-state index is 13.6. The van der Waals surface area contributed by atoms with Gasteiger partial charge >= 0.3 is 11.9 Å². The Balaban J connectivity index is 2.88. The summed E-state index contributed by atoms with van der Waals surface area (Å²) in [5, 5.41) is 0. The van der Waals surface area contributed by atoms with Crippen molar-refractivity contribution in [1.82, 2.24) is 0 Å². The molecule has 1 rings (SSSR count). The van der Waals surface area contributed by atoms with Crippen molar-refractivity contribution in [3.8, 4) is 0 Å². The molecule has 0 bridgehead atoms. The van der Waals surface area contributed by atoms with Crippen LogP contribution in [-0.2, 0) is 23.8 Å². The van der Waals surface area contributed by atoms with Crippen LogP contribution in [0.4, 0.5) is 4.39 Å². The van der Waals surface area contributed by atoms with Crippen LogP contribution in [0.5, 0.6) is 0 Å². The molecular formula is C16H27FO5. The fourth-order valence-electron chi connectivity index (χ4n) is 1.89. The number of esters is 2. The molecule has 1 heterocycles. The van der Waals surface area contributed by atoms with E-state index >= 15 is 0 Å². The number of ether oxygens (including phenoxy) is 3. The molecule has 128 valence electrons. The van der Waals surface area contributed by atoms with Gasteiger partial charge in [0, 0.05) is 6.42 Å². The minimum atomic E-state index is -1.54. The summed E-state index contributed by atoms with van der Waals surface area (Å²) in [5.74, 6) is -0.905. The third-order valence-corrected chi connectivity index (χ3v) is 3.34. The van der Waals surface area contributed by atoms with Crippen LogP contribution in [0.3, 0.4) is 0 Å². The van der Waals surface area contributed by atoms with Crippen LogP contribution in [0.1, 0.15) is 54.9 Å². The predicted octanol–water partition coefficient (Wildman–Crippen LogP) is 3.01. The van der Waals surface area contributed by atoms with Crippen LogP contribution >= 0.6 is 0 Å². The molecule has 0 aliphatic carbocycles. The van der Waals surface area contributed by atoms with Crippen LogP contribution in [-0.4, -0.2) is 36.6 Å². The van der Waals surface area contributed by atoms with Crippen molar-refractivity contribution in [2.24, 2.45) is 10.8 Å². The first kappa shape index (κ1) is 18.9. The summed E-state index contributed by atoms with van der Waals surface area (Å²) in [5.41, 5.74) is -1.42. The molecule has 22 heavy (non-hydrogen) atoms. The van der Waals surface area contributed by atoms with Crippen molar-refractivity contribution in [3.05, 3.63) is 0 Å². The molecular weight excluding hydrogens is 291 g/mol. The smallest absolute Gasteiger partial charge is 0.311 e. The lowest BCUT2D eigenvalue weighted by Gasteiger charge is -2.38. The SMILES string of the molecule is C[C@@H]1O[C@@H](F)C[C@H](OC(=O)C(C)(C)C)[C@H]1OC(=O)C(C)(C)C. The summed E-state index contributed by atoms with van der Waals surface area (Å²) in [6.07, 6.45) is -4.04. The van der Waals surface area contributed by atoms with Crippen molar-refractivity contribution in [2.45, 2.75) is 79.6 Å². The third kappa shape index (κ3) is 4.93. The van der Waals surface area contributed by atoms with Crippen molar-refractivity contribution >= 4 is 11.9 Å². The normalized spacial score (nSPS) is 29.8. The second-order valence-electron chi connectivity index (χ2n) is 7.80. The number of alkyl halides is 1. The summed E-state index contributed by atoms with van der Waals surface area (Å²) in [7, 11) is 0. The van der Waals surface area contributed by atoms with Gasteiger partial charge in [-0.3, -0.25) is 9.59 Å². The van der Waals surface area contributed by atoms with Gasteiger partial charge in [-0.25, -0.2) is 4.39 Å². The zero-order chi connectivity index (χ0) is 17.3. The molecule has 0 radical (unpaired) electrons. The molecule has 0 N–H and O–H groups in total. The topological polar surface area (TPSA) is 61.8 Å². The van der Waals surface area contributed by atoms with Gasteiger partial charge in [-0.1, -0.05) is 0 Å². The van der Waals surface area contributed by atoms with Crippen molar-refractivity contribution in [3.63, 3.8) is 0 Å². The minimum absolute atomic E-state index is 0.145. The maximum atomic E-state index is 13.6. The molecule has 0 aromatic heterocycles. The summed E-state index contributed by atoms with van der Waals surface area (Å²) in [4.78, 5) is 24.1. The maximum Gasteiger partial charge on any atom is 0.311 e. The van der Waals surface area contributed by atoms with Crippen molar-refractivity contribution in [2.75, 3.05) is 0 Å². The average molecular weight is 318 g/mol. The van der Waals surface area contributed by atoms with Gasteiger partial charge in [0.15, 0.2) is 6.10 Å². The molecule has 0 unspecified atom stereocenters. The van der Waals surface area contributed by atoms with E-state index in [4.69, 9.17) is 14.2 Å². The van der Waals surface area contributed by atoms with E-state index in [0.717, 1.165) is 0 Å². The predicted molar refractivity (Wildman–Crippen MR) is 78.7 cm³/mol. The van der Waals surface area contributed by atoms with Gasteiger partial charge in [0.05, 0.1) is 16.9 Å². The highest BCUT2D eigenvalue weighted by Crippen LogP contribution is 2.30. The Labute approximate surface area is 131 Å². The molecule has 5 nitrogen and oxygen atoms in total. The lowest BCUT2D eigenvalue weighted by atomic mass is 9.95. The second kappa shape index (κ2) is 6.52. The van der Waals surface area contributed by atoms with Gasteiger partial charge in [0.2, 0.25) is 6.36 Å². The highest BCUT2D eigenvalue weighted by molar-refractivity contribution is 5.76. The summed E-state index contributed by atoms with van der Waals surface area (Å²) in [6.45, 7) is 11.9. The van der Waals surface area contributed by atoms with Gasteiger partial charge in [-0.15, -0.1) is 0 Å². The third-order valence-electron chi connectivity index (χ3n) is 3.34. The van der Waals surface area contributed by atoms with Gasteiger partial charge in [-0.2, -0.15) is 0 Å². The largest absolute Gasteiger partial charge is 0.458 e. The lowest BCUT2D eigenvalue weighted by molar-refractivity contribution is -0.229. The van der Waals surface area contributed by atoms with Gasteiger partial charge < -0.3 is 14.2 Å². The fraction of sp³-hybridized carbons (Fsp3) is 0.875. The first-order valence-electron chi connectivity index (χ1n) is 7.54.